The number of nitrogen functional groups attached to an aromatic ring is 1. The smallest absolute Gasteiger partial charge is 0.150 e. The Bertz CT molecular complexity index is 657. The van der Waals surface area contributed by atoms with E-state index in [1.165, 1.54) is 0 Å². The SMILES string of the molecule is CC(C)(O)C1CCC(c2nc(Br)c3c(N)nccn23)CO1. The van der Waals surface area contributed by atoms with E-state index in [-0.39, 0.29) is 12.0 Å². The van der Waals surface area contributed by atoms with Crippen LogP contribution in [0.25, 0.3) is 5.52 Å². The fourth-order valence-corrected chi connectivity index (χ4v) is 3.42. The van der Waals surface area contributed by atoms with Crippen LogP contribution in [0.5, 0.6) is 0 Å². The number of fused-ring (bicyclic) bond motifs is 1. The monoisotopic (exact) mass is 354 g/mol. The lowest BCUT2D eigenvalue weighted by atomic mass is 9.90. The van der Waals surface area contributed by atoms with Gasteiger partial charge in [-0.1, -0.05) is 0 Å². The molecule has 0 aromatic carbocycles. The highest BCUT2D eigenvalue weighted by Gasteiger charge is 2.34. The second-order valence-corrected chi connectivity index (χ2v) is 6.79. The quantitative estimate of drug-likeness (QED) is 0.862. The Morgan fingerprint density at radius 3 is 2.86 bits per heavy atom. The lowest BCUT2D eigenvalue weighted by Crippen LogP contribution is -2.42. The summed E-state index contributed by atoms with van der Waals surface area (Å²) >= 11 is 3.45. The summed E-state index contributed by atoms with van der Waals surface area (Å²) < 4.78 is 8.50. The van der Waals surface area contributed by atoms with Gasteiger partial charge in [0.25, 0.3) is 0 Å². The number of nitrogens with two attached hydrogens (primary N) is 1. The molecule has 2 aromatic heterocycles. The number of nitrogens with zero attached hydrogens (tertiary/aromatic N) is 3. The molecule has 2 atom stereocenters. The molecule has 6 nitrogen and oxygen atoms in total. The first-order valence-corrected chi connectivity index (χ1v) is 7.79. The van der Waals surface area contributed by atoms with Gasteiger partial charge in [-0.05, 0) is 42.6 Å². The van der Waals surface area contributed by atoms with Crippen molar-refractivity contribution in [3.05, 3.63) is 22.8 Å². The van der Waals surface area contributed by atoms with Crippen LogP contribution in [0.15, 0.2) is 17.0 Å². The van der Waals surface area contributed by atoms with Crippen LogP contribution < -0.4 is 5.73 Å². The fourth-order valence-electron chi connectivity index (χ4n) is 2.84. The molecule has 3 heterocycles. The summed E-state index contributed by atoms with van der Waals surface area (Å²) in [4.78, 5) is 8.67. The van der Waals surface area contributed by atoms with Gasteiger partial charge in [-0.2, -0.15) is 0 Å². The summed E-state index contributed by atoms with van der Waals surface area (Å²) in [5.74, 6) is 1.55. The standard InChI is InChI=1S/C14H19BrN4O2/c1-14(2,20)9-4-3-8(7-21-9)13-18-11(15)10-12(16)17-5-6-19(10)13/h5-6,8-9,20H,3-4,7H2,1-2H3,(H2,16,17). The molecule has 0 radical (unpaired) electrons. The number of imidazole rings is 1. The molecule has 21 heavy (non-hydrogen) atoms. The van der Waals surface area contributed by atoms with E-state index in [0.29, 0.717) is 17.0 Å². The molecule has 0 aliphatic carbocycles. The van der Waals surface area contributed by atoms with Crippen LogP contribution in [0, 0.1) is 0 Å². The second kappa shape index (κ2) is 5.23. The zero-order chi connectivity index (χ0) is 15.2. The van der Waals surface area contributed by atoms with Crippen molar-refractivity contribution in [2.45, 2.75) is 44.3 Å². The molecule has 3 rings (SSSR count). The predicted octanol–water partition coefficient (Wildman–Crippen LogP) is 2.11. The van der Waals surface area contributed by atoms with Crippen molar-refractivity contribution in [3.63, 3.8) is 0 Å². The average Bonchev–Trinajstić information content (AvgIpc) is 2.77. The third-order valence-electron chi connectivity index (χ3n) is 4.00. The van der Waals surface area contributed by atoms with E-state index in [1.54, 1.807) is 20.0 Å². The van der Waals surface area contributed by atoms with Crippen molar-refractivity contribution >= 4 is 27.3 Å². The number of halogens is 1. The Morgan fingerprint density at radius 2 is 2.24 bits per heavy atom. The summed E-state index contributed by atoms with van der Waals surface area (Å²) in [5.41, 5.74) is 5.89. The van der Waals surface area contributed by atoms with Crippen LogP contribution in [0.4, 0.5) is 5.82 Å². The lowest BCUT2D eigenvalue weighted by molar-refractivity contribution is -0.113. The molecule has 7 heteroatoms. The van der Waals surface area contributed by atoms with Gasteiger partial charge in [-0.3, -0.25) is 4.40 Å². The maximum Gasteiger partial charge on any atom is 0.150 e. The number of aliphatic hydroxyl groups is 1. The van der Waals surface area contributed by atoms with E-state index in [4.69, 9.17) is 10.5 Å². The van der Waals surface area contributed by atoms with Crippen LogP contribution in [-0.4, -0.2) is 37.8 Å². The Kier molecular flexibility index (Phi) is 3.67. The summed E-state index contributed by atoms with van der Waals surface area (Å²) in [6, 6.07) is 0. The molecule has 0 amide bonds. The second-order valence-electron chi connectivity index (χ2n) is 6.04. The van der Waals surface area contributed by atoms with E-state index in [2.05, 4.69) is 25.9 Å². The highest BCUT2D eigenvalue weighted by Crippen LogP contribution is 2.34. The molecule has 114 valence electrons. The number of ether oxygens (including phenoxy) is 1. The number of hydrogen-bond donors (Lipinski definition) is 2. The molecule has 0 bridgehead atoms. The normalized spacial score (nSPS) is 23.6. The molecule has 1 saturated heterocycles. The minimum absolute atomic E-state index is 0.129. The van der Waals surface area contributed by atoms with Crippen molar-refractivity contribution in [1.29, 1.82) is 0 Å². The van der Waals surface area contributed by atoms with Crippen LogP contribution in [0.3, 0.4) is 0 Å². The first-order chi connectivity index (χ1) is 9.88. The van der Waals surface area contributed by atoms with Crippen LogP contribution in [-0.2, 0) is 4.74 Å². The molecule has 1 fully saturated rings. The van der Waals surface area contributed by atoms with Gasteiger partial charge in [0, 0.05) is 18.3 Å². The van der Waals surface area contributed by atoms with E-state index in [1.807, 2.05) is 10.6 Å². The number of rotatable bonds is 2. The molecular formula is C14H19BrN4O2. The van der Waals surface area contributed by atoms with Crippen molar-refractivity contribution in [3.8, 4) is 0 Å². The molecular weight excluding hydrogens is 336 g/mol. The summed E-state index contributed by atoms with van der Waals surface area (Å²) in [6.07, 6.45) is 5.13. The van der Waals surface area contributed by atoms with Gasteiger partial charge in [-0.25, -0.2) is 9.97 Å². The summed E-state index contributed by atoms with van der Waals surface area (Å²) in [7, 11) is 0. The molecule has 0 spiro atoms. The molecule has 3 N–H and O–H groups in total. The summed E-state index contributed by atoms with van der Waals surface area (Å²) in [6.45, 7) is 4.11. The Morgan fingerprint density at radius 1 is 1.48 bits per heavy atom. The van der Waals surface area contributed by atoms with Gasteiger partial charge in [0.05, 0.1) is 18.3 Å². The first kappa shape index (κ1) is 14.7. The Hall–Kier alpha value is -1.18. The van der Waals surface area contributed by atoms with E-state index < -0.39 is 5.60 Å². The fraction of sp³-hybridized carbons (Fsp3) is 0.571. The number of hydrogen-bond acceptors (Lipinski definition) is 5. The Balaban J connectivity index is 1.88. The van der Waals surface area contributed by atoms with Gasteiger partial charge in [-0.15, -0.1) is 0 Å². The van der Waals surface area contributed by atoms with E-state index >= 15 is 0 Å². The number of aromatic nitrogens is 3. The largest absolute Gasteiger partial charge is 0.388 e. The zero-order valence-electron chi connectivity index (χ0n) is 12.1. The maximum atomic E-state index is 10.0. The van der Waals surface area contributed by atoms with Crippen LogP contribution >= 0.6 is 15.9 Å². The van der Waals surface area contributed by atoms with Crippen molar-refractivity contribution in [2.24, 2.45) is 0 Å². The topological polar surface area (TPSA) is 85.7 Å². The predicted molar refractivity (Wildman–Crippen MR) is 83.1 cm³/mol. The lowest BCUT2D eigenvalue weighted by Gasteiger charge is -2.35. The maximum absolute atomic E-state index is 10.0. The zero-order valence-corrected chi connectivity index (χ0v) is 13.7. The van der Waals surface area contributed by atoms with Gasteiger partial charge in [0.1, 0.15) is 15.9 Å². The summed E-state index contributed by atoms with van der Waals surface area (Å²) in [5, 5.41) is 10.0. The van der Waals surface area contributed by atoms with Crippen LogP contribution in [0.1, 0.15) is 38.4 Å². The average molecular weight is 355 g/mol. The van der Waals surface area contributed by atoms with Crippen molar-refractivity contribution in [2.75, 3.05) is 12.3 Å². The van der Waals surface area contributed by atoms with Gasteiger partial charge >= 0.3 is 0 Å². The van der Waals surface area contributed by atoms with Crippen molar-refractivity contribution < 1.29 is 9.84 Å². The molecule has 2 unspecified atom stereocenters. The van der Waals surface area contributed by atoms with Gasteiger partial charge in [0.15, 0.2) is 5.82 Å². The van der Waals surface area contributed by atoms with E-state index in [0.717, 1.165) is 24.2 Å². The van der Waals surface area contributed by atoms with E-state index in [9.17, 15) is 5.11 Å². The van der Waals surface area contributed by atoms with Gasteiger partial charge < -0.3 is 15.6 Å². The minimum Gasteiger partial charge on any atom is -0.388 e. The van der Waals surface area contributed by atoms with Gasteiger partial charge in [0.2, 0.25) is 0 Å². The molecule has 1 aliphatic rings. The third-order valence-corrected chi connectivity index (χ3v) is 4.55. The van der Waals surface area contributed by atoms with Crippen molar-refractivity contribution in [1.82, 2.24) is 14.4 Å². The number of anilines is 1. The third kappa shape index (κ3) is 2.65. The first-order valence-electron chi connectivity index (χ1n) is 7.00. The minimum atomic E-state index is -0.811. The highest BCUT2D eigenvalue weighted by atomic mass is 79.9. The highest BCUT2D eigenvalue weighted by molar-refractivity contribution is 9.10. The molecule has 0 saturated carbocycles. The Labute approximate surface area is 131 Å². The molecule has 1 aliphatic heterocycles. The molecule has 2 aromatic rings. The van der Waals surface area contributed by atoms with Crippen LogP contribution in [0.2, 0.25) is 0 Å².